The van der Waals surface area contributed by atoms with Crippen LogP contribution in [0.4, 0.5) is 0 Å². The van der Waals surface area contributed by atoms with Crippen LogP contribution in [0.5, 0.6) is 11.5 Å². The molecule has 29 heavy (non-hydrogen) atoms. The quantitative estimate of drug-likeness (QED) is 0.498. The average Bonchev–Trinajstić information content (AvgIpc) is 3.23. The van der Waals surface area contributed by atoms with Crippen LogP contribution < -0.4 is 15.0 Å². The van der Waals surface area contributed by atoms with E-state index in [0.29, 0.717) is 51.9 Å². The zero-order valence-electron chi connectivity index (χ0n) is 16.4. The SMILES string of the molecule is CCc1nc2ccccc2c(=O)n1Cc1noc(-c2ccc(OC)c(OC)c2)n1. The molecule has 4 aromatic rings. The van der Waals surface area contributed by atoms with Crippen molar-refractivity contribution < 1.29 is 14.0 Å². The first-order chi connectivity index (χ1) is 14.1. The van der Waals surface area contributed by atoms with Crippen LogP contribution in [0.15, 0.2) is 51.8 Å². The van der Waals surface area contributed by atoms with E-state index in [0.717, 1.165) is 0 Å². The normalized spacial score (nSPS) is 11.0. The van der Waals surface area contributed by atoms with Crippen LogP contribution in [0.3, 0.4) is 0 Å². The van der Waals surface area contributed by atoms with E-state index >= 15 is 0 Å². The lowest BCUT2D eigenvalue weighted by Crippen LogP contribution is -2.26. The van der Waals surface area contributed by atoms with Crippen LogP contribution in [0.2, 0.25) is 0 Å². The Labute approximate surface area is 166 Å². The molecule has 8 nitrogen and oxygen atoms in total. The van der Waals surface area contributed by atoms with Crippen molar-refractivity contribution in [3.8, 4) is 23.0 Å². The van der Waals surface area contributed by atoms with Gasteiger partial charge in [0.1, 0.15) is 5.82 Å². The van der Waals surface area contributed by atoms with Crippen LogP contribution in [-0.4, -0.2) is 33.9 Å². The molecular weight excluding hydrogens is 372 g/mol. The second-order valence-electron chi connectivity index (χ2n) is 6.38. The monoisotopic (exact) mass is 392 g/mol. The summed E-state index contributed by atoms with van der Waals surface area (Å²) in [6.07, 6.45) is 0.612. The molecule has 0 aliphatic carbocycles. The van der Waals surface area contributed by atoms with Gasteiger partial charge in [-0.25, -0.2) is 4.98 Å². The molecule has 0 spiro atoms. The molecule has 0 fully saturated rings. The van der Waals surface area contributed by atoms with Crippen molar-refractivity contribution in [3.63, 3.8) is 0 Å². The van der Waals surface area contributed by atoms with E-state index in [1.165, 1.54) is 0 Å². The summed E-state index contributed by atoms with van der Waals surface area (Å²) in [7, 11) is 3.13. The van der Waals surface area contributed by atoms with Crippen molar-refractivity contribution in [3.05, 3.63) is 64.5 Å². The molecule has 0 saturated carbocycles. The molecule has 8 heteroatoms. The number of rotatable bonds is 6. The lowest BCUT2D eigenvalue weighted by Gasteiger charge is -2.10. The van der Waals surface area contributed by atoms with Gasteiger partial charge in [-0.3, -0.25) is 9.36 Å². The summed E-state index contributed by atoms with van der Waals surface area (Å²) < 4.78 is 17.6. The van der Waals surface area contributed by atoms with Gasteiger partial charge in [-0.2, -0.15) is 4.98 Å². The van der Waals surface area contributed by atoms with Crippen LogP contribution in [0.25, 0.3) is 22.4 Å². The largest absolute Gasteiger partial charge is 0.493 e. The van der Waals surface area contributed by atoms with E-state index in [4.69, 9.17) is 14.0 Å². The molecule has 4 rings (SSSR count). The number of benzene rings is 2. The molecule has 0 aliphatic rings. The minimum absolute atomic E-state index is 0.120. The third kappa shape index (κ3) is 3.44. The third-order valence-corrected chi connectivity index (χ3v) is 4.66. The zero-order valence-corrected chi connectivity index (χ0v) is 16.4. The number of methoxy groups -OCH3 is 2. The highest BCUT2D eigenvalue weighted by molar-refractivity contribution is 5.77. The molecule has 0 bridgehead atoms. The van der Waals surface area contributed by atoms with Gasteiger partial charge in [0.05, 0.1) is 31.7 Å². The molecule has 0 aliphatic heterocycles. The maximum atomic E-state index is 12.9. The molecule has 0 unspecified atom stereocenters. The van der Waals surface area contributed by atoms with Crippen molar-refractivity contribution in [2.75, 3.05) is 14.2 Å². The Balaban J connectivity index is 1.70. The first-order valence-corrected chi connectivity index (χ1v) is 9.18. The van der Waals surface area contributed by atoms with Crippen LogP contribution >= 0.6 is 0 Å². The molecule has 0 amide bonds. The summed E-state index contributed by atoms with van der Waals surface area (Å²) in [5, 5.41) is 4.60. The van der Waals surface area contributed by atoms with Gasteiger partial charge in [0.15, 0.2) is 17.3 Å². The Bertz CT molecular complexity index is 1230. The Morgan fingerprint density at radius 2 is 1.83 bits per heavy atom. The fraction of sp³-hybridized carbons (Fsp3) is 0.238. The minimum Gasteiger partial charge on any atom is -0.493 e. The molecule has 2 aromatic carbocycles. The fourth-order valence-corrected chi connectivity index (χ4v) is 3.19. The molecule has 0 radical (unpaired) electrons. The van der Waals surface area contributed by atoms with E-state index in [1.807, 2.05) is 25.1 Å². The number of aryl methyl sites for hydroxylation is 1. The van der Waals surface area contributed by atoms with Gasteiger partial charge in [0.25, 0.3) is 11.4 Å². The molecule has 0 N–H and O–H groups in total. The minimum atomic E-state index is -0.120. The highest BCUT2D eigenvalue weighted by Gasteiger charge is 2.15. The number of nitrogens with zero attached hydrogens (tertiary/aromatic N) is 4. The number of ether oxygens (including phenoxy) is 2. The summed E-state index contributed by atoms with van der Waals surface area (Å²) in [5.74, 6) is 2.57. The molecule has 2 heterocycles. The average molecular weight is 392 g/mol. The highest BCUT2D eigenvalue weighted by atomic mass is 16.5. The number of aromatic nitrogens is 4. The Morgan fingerprint density at radius 1 is 1.03 bits per heavy atom. The van der Waals surface area contributed by atoms with E-state index in [9.17, 15) is 4.79 Å². The predicted octanol–water partition coefficient (Wildman–Crippen LogP) is 3.07. The van der Waals surface area contributed by atoms with Gasteiger partial charge >= 0.3 is 0 Å². The van der Waals surface area contributed by atoms with Gasteiger partial charge in [0, 0.05) is 12.0 Å². The fourth-order valence-electron chi connectivity index (χ4n) is 3.19. The highest BCUT2D eigenvalue weighted by Crippen LogP contribution is 2.31. The molecule has 0 atom stereocenters. The number of fused-ring (bicyclic) bond motifs is 1. The van der Waals surface area contributed by atoms with E-state index in [1.54, 1.807) is 43.1 Å². The third-order valence-electron chi connectivity index (χ3n) is 4.66. The lowest BCUT2D eigenvalue weighted by molar-refractivity contribution is 0.355. The van der Waals surface area contributed by atoms with Gasteiger partial charge in [-0.15, -0.1) is 0 Å². The lowest BCUT2D eigenvalue weighted by atomic mass is 10.2. The maximum absolute atomic E-state index is 12.9. The smallest absolute Gasteiger partial charge is 0.261 e. The van der Waals surface area contributed by atoms with Gasteiger partial charge in [-0.05, 0) is 30.3 Å². The number of hydrogen-bond donors (Lipinski definition) is 0. The first kappa shape index (κ1) is 18.7. The van der Waals surface area contributed by atoms with Crippen molar-refractivity contribution in [1.82, 2.24) is 19.7 Å². The maximum Gasteiger partial charge on any atom is 0.261 e. The standard InChI is InChI=1S/C21H20N4O4/c1-4-19-22-15-8-6-5-7-14(15)21(26)25(19)12-18-23-20(29-24-18)13-9-10-16(27-2)17(11-13)28-3/h5-11H,4,12H2,1-3H3. The van der Waals surface area contributed by atoms with E-state index < -0.39 is 0 Å². The van der Waals surface area contributed by atoms with Gasteiger partial charge in [-0.1, -0.05) is 24.2 Å². The summed E-state index contributed by atoms with van der Waals surface area (Å²) >= 11 is 0. The Morgan fingerprint density at radius 3 is 2.59 bits per heavy atom. The predicted molar refractivity (Wildman–Crippen MR) is 107 cm³/mol. The molecular formula is C21H20N4O4. The molecule has 148 valence electrons. The van der Waals surface area contributed by atoms with Gasteiger partial charge in [0.2, 0.25) is 0 Å². The van der Waals surface area contributed by atoms with Crippen molar-refractivity contribution in [1.29, 1.82) is 0 Å². The zero-order chi connectivity index (χ0) is 20.4. The van der Waals surface area contributed by atoms with Crippen molar-refractivity contribution in [2.45, 2.75) is 19.9 Å². The topological polar surface area (TPSA) is 92.3 Å². The van der Waals surface area contributed by atoms with Crippen LogP contribution in [-0.2, 0) is 13.0 Å². The summed E-state index contributed by atoms with van der Waals surface area (Å²) in [4.78, 5) is 22.0. The first-order valence-electron chi connectivity index (χ1n) is 9.18. The van der Waals surface area contributed by atoms with Crippen molar-refractivity contribution in [2.24, 2.45) is 0 Å². The summed E-state index contributed by atoms with van der Waals surface area (Å²) in [6.45, 7) is 2.13. The van der Waals surface area contributed by atoms with Gasteiger partial charge < -0.3 is 14.0 Å². The van der Waals surface area contributed by atoms with E-state index in [-0.39, 0.29) is 12.1 Å². The molecule has 0 saturated heterocycles. The van der Waals surface area contributed by atoms with Crippen molar-refractivity contribution >= 4 is 10.9 Å². The summed E-state index contributed by atoms with van der Waals surface area (Å²) in [5.41, 5.74) is 1.26. The van der Waals surface area contributed by atoms with E-state index in [2.05, 4.69) is 15.1 Å². The number of para-hydroxylation sites is 1. The van der Waals surface area contributed by atoms with Crippen LogP contribution in [0, 0.1) is 0 Å². The second-order valence-corrected chi connectivity index (χ2v) is 6.38. The molecule has 2 aromatic heterocycles. The van der Waals surface area contributed by atoms with Crippen LogP contribution in [0.1, 0.15) is 18.6 Å². The Hall–Kier alpha value is -3.68. The summed E-state index contributed by atoms with van der Waals surface area (Å²) in [6, 6.07) is 12.6. The Kier molecular flexibility index (Phi) is 4.99. The number of hydrogen-bond acceptors (Lipinski definition) is 7. The second kappa shape index (κ2) is 7.75.